The first kappa shape index (κ1) is 36.2. The molecule has 4 N–H and O–H groups in total. The van der Waals surface area contributed by atoms with Crippen LogP contribution in [-0.4, -0.2) is 94.9 Å². The van der Waals surface area contributed by atoms with Gasteiger partial charge < -0.3 is 29.7 Å². The van der Waals surface area contributed by atoms with Gasteiger partial charge in [-0.15, -0.1) is 0 Å². The number of ether oxygens (including phenoxy) is 3. The number of hydrogen-bond acceptors (Lipinski definition) is 10. The number of carboxylic acid groups (broad SMARTS) is 1. The molecule has 5 aromatic rings. The summed E-state index contributed by atoms with van der Waals surface area (Å²) in [5.41, 5.74) is 6.22. The molecule has 2 aliphatic heterocycles. The number of aliphatic hydroxyl groups is 1. The summed E-state index contributed by atoms with van der Waals surface area (Å²) >= 11 is 7.18. The quantitative estimate of drug-likeness (QED) is 0.133. The average molecular weight is 741 g/mol. The molecule has 1 spiro atoms. The number of amides is 1. The molecule has 4 heterocycles. The first-order chi connectivity index (χ1) is 25.5. The summed E-state index contributed by atoms with van der Waals surface area (Å²) in [6.07, 6.45) is 1.26. The van der Waals surface area contributed by atoms with Crippen LogP contribution in [0.4, 0.5) is 0 Å². The Morgan fingerprint density at radius 1 is 1.02 bits per heavy atom. The fraction of sp³-hybridized carbons (Fsp3) is 0.333. The SMILES string of the molecule is COc1cc(-n2ncc3c(-c4cccc(-c5ccc(CN6CC7(CNC(=O)C7)C6)c(OC)n5)c4Cl)cccc32)cc(OC)c1CN[C@H](C(=O)O)[C@@H](C)O. The summed E-state index contributed by atoms with van der Waals surface area (Å²) in [6.45, 7) is 4.62. The number of carbonyl (C=O) groups is 2. The lowest BCUT2D eigenvalue weighted by Crippen LogP contribution is -2.56. The monoisotopic (exact) mass is 740 g/mol. The highest BCUT2D eigenvalue weighted by Crippen LogP contribution is 2.42. The number of aromatic nitrogens is 3. The fourth-order valence-electron chi connectivity index (χ4n) is 7.52. The second kappa shape index (κ2) is 14.7. The molecule has 14 heteroatoms. The fourth-order valence-corrected chi connectivity index (χ4v) is 7.84. The number of methoxy groups -OCH3 is 3. The van der Waals surface area contributed by atoms with Crippen LogP contribution in [0.1, 0.15) is 24.5 Å². The molecule has 53 heavy (non-hydrogen) atoms. The molecule has 13 nitrogen and oxygen atoms in total. The maximum Gasteiger partial charge on any atom is 0.323 e. The van der Waals surface area contributed by atoms with Gasteiger partial charge in [-0.1, -0.05) is 48.0 Å². The molecule has 2 saturated heterocycles. The minimum atomic E-state index is -1.17. The van der Waals surface area contributed by atoms with Gasteiger partial charge in [0.15, 0.2) is 0 Å². The van der Waals surface area contributed by atoms with Crippen molar-refractivity contribution in [2.75, 3.05) is 41.0 Å². The third-order valence-corrected chi connectivity index (χ3v) is 10.5. The Hall–Kier alpha value is -5.21. The van der Waals surface area contributed by atoms with Crippen molar-refractivity contribution in [2.45, 2.75) is 38.6 Å². The lowest BCUT2D eigenvalue weighted by molar-refractivity contribution is -0.142. The topological polar surface area (TPSA) is 160 Å². The minimum Gasteiger partial charge on any atom is -0.496 e. The third-order valence-electron chi connectivity index (χ3n) is 10.1. The Morgan fingerprint density at radius 2 is 1.72 bits per heavy atom. The van der Waals surface area contributed by atoms with Gasteiger partial charge in [-0.2, -0.15) is 5.10 Å². The Kier molecular flexibility index (Phi) is 10.0. The van der Waals surface area contributed by atoms with Gasteiger partial charge in [0.1, 0.15) is 17.5 Å². The van der Waals surface area contributed by atoms with Gasteiger partial charge in [-0.3, -0.25) is 19.8 Å². The smallest absolute Gasteiger partial charge is 0.323 e. The summed E-state index contributed by atoms with van der Waals surface area (Å²) < 4.78 is 18.9. The van der Waals surface area contributed by atoms with Crippen molar-refractivity contribution in [1.82, 2.24) is 30.3 Å². The molecule has 7 rings (SSSR count). The second-order valence-corrected chi connectivity index (χ2v) is 14.1. The zero-order valence-electron chi connectivity index (χ0n) is 29.9. The largest absolute Gasteiger partial charge is 0.496 e. The van der Waals surface area contributed by atoms with Gasteiger partial charge in [0.05, 0.1) is 61.1 Å². The zero-order valence-corrected chi connectivity index (χ0v) is 30.6. The number of carboxylic acids is 1. The molecule has 276 valence electrons. The summed E-state index contributed by atoms with van der Waals surface area (Å²) in [6, 6.07) is 18.2. The van der Waals surface area contributed by atoms with E-state index >= 15 is 0 Å². The van der Waals surface area contributed by atoms with Crippen LogP contribution < -0.4 is 24.8 Å². The Morgan fingerprint density at radius 3 is 2.36 bits per heavy atom. The molecule has 0 unspecified atom stereocenters. The number of nitrogens with one attached hydrogen (secondary N) is 2. The van der Waals surface area contributed by atoms with E-state index < -0.39 is 18.1 Å². The molecular weight excluding hydrogens is 700 g/mol. The third kappa shape index (κ3) is 6.88. The van der Waals surface area contributed by atoms with Crippen molar-refractivity contribution < 1.29 is 34.0 Å². The molecule has 0 radical (unpaired) electrons. The predicted octanol–water partition coefficient (Wildman–Crippen LogP) is 4.68. The first-order valence-electron chi connectivity index (χ1n) is 17.2. The standard InChI is InChI=1S/C39H41ClN6O7/c1-22(47)36(38(49)50)41-16-29-32(51-2)13-24(14-33(29)52-3)46-31-10-6-7-25(28(31)17-43-46)26-8-5-9-27(35(26)40)30-12-11-23(37(44-30)53-4)18-45-20-39(21-45)15-34(48)42-19-39/h5-14,17,22,36,41,47H,15-16,18-21H2,1-4H3,(H,42,48)(H,49,50)/t22-,36+/m1/s1. The van der Waals surface area contributed by atoms with E-state index in [1.807, 2.05) is 48.5 Å². The van der Waals surface area contributed by atoms with Gasteiger partial charge in [-0.05, 0) is 24.6 Å². The van der Waals surface area contributed by atoms with E-state index in [1.165, 1.54) is 21.1 Å². The second-order valence-electron chi connectivity index (χ2n) is 13.7. The van der Waals surface area contributed by atoms with Crippen molar-refractivity contribution >= 4 is 34.4 Å². The van der Waals surface area contributed by atoms with Crippen LogP contribution in [0.15, 0.2) is 66.9 Å². The average Bonchev–Trinajstić information content (AvgIpc) is 3.75. The number of benzene rings is 3. The number of nitrogens with zero attached hydrogens (tertiary/aromatic N) is 4. The Balaban J connectivity index is 1.17. The van der Waals surface area contributed by atoms with Crippen LogP contribution in [0.2, 0.25) is 5.02 Å². The minimum absolute atomic E-state index is 0.0438. The normalized spacial score (nSPS) is 16.3. The van der Waals surface area contributed by atoms with Gasteiger partial charge in [0.2, 0.25) is 11.8 Å². The van der Waals surface area contributed by atoms with E-state index in [1.54, 1.807) is 30.1 Å². The number of aliphatic carboxylic acids is 1. The van der Waals surface area contributed by atoms with Gasteiger partial charge >= 0.3 is 5.97 Å². The van der Waals surface area contributed by atoms with Crippen LogP contribution in [0.5, 0.6) is 17.4 Å². The first-order valence-corrected chi connectivity index (χ1v) is 17.6. The van der Waals surface area contributed by atoms with Gasteiger partial charge in [0, 0.05) is 78.8 Å². The summed E-state index contributed by atoms with van der Waals surface area (Å²) in [4.78, 5) is 30.6. The van der Waals surface area contributed by atoms with Crippen molar-refractivity contribution in [3.8, 4) is 45.5 Å². The van der Waals surface area contributed by atoms with E-state index in [4.69, 9.17) is 35.9 Å². The van der Waals surface area contributed by atoms with E-state index in [9.17, 15) is 19.8 Å². The van der Waals surface area contributed by atoms with Gasteiger partial charge in [-0.25, -0.2) is 9.67 Å². The maximum atomic E-state index is 11.8. The Labute approximate surface area is 311 Å². The predicted molar refractivity (Wildman–Crippen MR) is 200 cm³/mol. The van der Waals surface area contributed by atoms with E-state index in [0.29, 0.717) is 52.3 Å². The lowest BCUT2D eigenvalue weighted by atomic mass is 9.79. The molecular formula is C39H41ClN6O7. The molecule has 2 aromatic heterocycles. The number of halogens is 1. The van der Waals surface area contributed by atoms with Crippen LogP contribution in [0.25, 0.3) is 39.0 Å². The van der Waals surface area contributed by atoms with Crippen LogP contribution in [0, 0.1) is 5.41 Å². The van der Waals surface area contributed by atoms with E-state index in [2.05, 4.69) is 15.5 Å². The zero-order chi connectivity index (χ0) is 37.4. The molecule has 2 fully saturated rings. The van der Waals surface area contributed by atoms with E-state index in [-0.39, 0.29) is 17.9 Å². The number of aliphatic hydroxyl groups excluding tert-OH is 1. The molecule has 2 atom stereocenters. The summed E-state index contributed by atoms with van der Waals surface area (Å²) in [5.74, 6) is 0.417. The lowest BCUT2D eigenvalue weighted by Gasteiger charge is -2.47. The number of pyridine rings is 1. The van der Waals surface area contributed by atoms with Crippen molar-refractivity contribution in [1.29, 1.82) is 0 Å². The van der Waals surface area contributed by atoms with E-state index in [0.717, 1.165) is 52.8 Å². The van der Waals surface area contributed by atoms with Crippen LogP contribution in [-0.2, 0) is 22.7 Å². The number of hydrogen-bond donors (Lipinski definition) is 4. The van der Waals surface area contributed by atoms with Crippen LogP contribution >= 0.6 is 11.6 Å². The van der Waals surface area contributed by atoms with Crippen molar-refractivity contribution in [3.63, 3.8) is 0 Å². The number of carbonyl (C=O) groups excluding carboxylic acids is 1. The van der Waals surface area contributed by atoms with Crippen molar-refractivity contribution in [2.24, 2.45) is 5.41 Å². The number of likely N-dealkylation sites (tertiary alicyclic amines) is 1. The summed E-state index contributed by atoms with van der Waals surface area (Å²) in [7, 11) is 4.67. The number of rotatable bonds is 13. The molecule has 0 aliphatic carbocycles. The molecule has 2 aliphatic rings. The van der Waals surface area contributed by atoms with Crippen molar-refractivity contribution in [3.05, 3.63) is 83.0 Å². The Bertz CT molecular complexity index is 2170. The molecule has 3 aromatic carbocycles. The molecule has 0 bridgehead atoms. The summed E-state index contributed by atoms with van der Waals surface area (Å²) in [5, 5.41) is 31.4. The molecule has 1 amide bonds. The van der Waals surface area contributed by atoms with Gasteiger partial charge in [0.25, 0.3) is 0 Å². The molecule has 0 saturated carbocycles. The highest BCUT2D eigenvalue weighted by atomic mass is 35.5. The highest BCUT2D eigenvalue weighted by molar-refractivity contribution is 6.36. The maximum absolute atomic E-state index is 11.8. The van der Waals surface area contributed by atoms with Crippen LogP contribution in [0.3, 0.4) is 0 Å². The number of fused-ring (bicyclic) bond motifs is 1. The highest BCUT2D eigenvalue weighted by Gasteiger charge is 2.48.